The molecule has 1 fully saturated rings. The first-order valence-corrected chi connectivity index (χ1v) is 4.38. The maximum Gasteiger partial charge on any atom is 0.407 e. The smallest absolute Gasteiger partial charge is 0.407 e. The summed E-state index contributed by atoms with van der Waals surface area (Å²) in [4.78, 5) is 11.7. The van der Waals surface area contributed by atoms with Crippen molar-refractivity contribution in [2.24, 2.45) is 0 Å². The van der Waals surface area contributed by atoms with Gasteiger partial charge in [-0.05, 0) is 5.56 Å². The van der Waals surface area contributed by atoms with Crippen molar-refractivity contribution in [3.63, 3.8) is 0 Å². The van der Waals surface area contributed by atoms with E-state index in [1.807, 2.05) is 18.2 Å². The number of likely N-dealkylation sites (tertiary alicyclic amines) is 1. The molecule has 0 atom stereocenters. The molecule has 0 aliphatic carbocycles. The molecule has 2 N–H and O–H groups in total. The van der Waals surface area contributed by atoms with Crippen molar-refractivity contribution < 1.29 is 15.0 Å². The van der Waals surface area contributed by atoms with Gasteiger partial charge in [0.15, 0.2) is 0 Å². The second-order valence-electron chi connectivity index (χ2n) is 3.54. The molecule has 1 aromatic rings. The molecule has 0 saturated carbocycles. The average Bonchev–Trinajstić information content (AvgIpc) is 2.14. The molecule has 74 valence electrons. The van der Waals surface area contributed by atoms with Crippen LogP contribution in [0.3, 0.4) is 0 Å². The molecule has 0 bridgehead atoms. The molecule has 0 spiro atoms. The van der Waals surface area contributed by atoms with Crippen LogP contribution in [0.15, 0.2) is 30.3 Å². The fourth-order valence-electron chi connectivity index (χ4n) is 1.65. The number of amides is 1. The summed E-state index contributed by atoms with van der Waals surface area (Å²) in [7, 11) is 0. The Labute approximate surface area is 81.4 Å². The zero-order valence-corrected chi connectivity index (χ0v) is 7.55. The van der Waals surface area contributed by atoms with E-state index in [4.69, 9.17) is 5.11 Å². The molecule has 4 heteroatoms. The number of β-amino-alcohol motifs (C(OH)–C–C–N with tert-alkyl or cyclic N) is 1. The van der Waals surface area contributed by atoms with Crippen LogP contribution in [0.1, 0.15) is 5.56 Å². The first-order valence-electron chi connectivity index (χ1n) is 4.38. The molecular formula is C10H11NO3. The minimum atomic E-state index is -0.986. The first kappa shape index (κ1) is 9.02. The van der Waals surface area contributed by atoms with Crippen LogP contribution in [-0.2, 0) is 5.60 Å². The SMILES string of the molecule is O=C(O)N1CC(O)(c2ccccc2)C1. The summed E-state index contributed by atoms with van der Waals surface area (Å²) in [6, 6.07) is 9.13. The van der Waals surface area contributed by atoms with E-state index in [9.17, 15) is 9.90 Å². The largest absolute Gasteiger partial charge is 0.465 e. The Morgan fingerprint density at radius 1 is 1.29 bits per heavy atom. The van der Waals surface area contributed by atoms with Crippen LogP contribution >= 0.6 is 0 Å². The highest BCUT2D eigenvalue weighted by atomic mass is 16.4. The summed E-state index contributed by atoms with van der Waals surface area (Å²) in [5, 5.41) is 18.6. The van der Waals surface area contributed by atoms with Gasteiger partial charge in [0.25, 0.3) is 0 Å². The summed E-state index contributed by atoms with van der Waals surface area (Å²) in [5.41, 5.74) is -0.211. The van der Waals surface area contributed by atoms with Crippen molar-refractivity contribution in [2.75, 3.05) is 13.1 Å². The van der Waals surface area contributed by atoms with Crippen molar-refractivity contribution >= 4 is 6.09 Å². The second kappa shape index (κ2) is 2.99. The highest BCUT2D eigenvalue weighted by Gasteiger charge is 2.44. The maximum atomic E-state index is 10.5. The lowest BCUT2D eigenvalue weighted by Gasteiger charge is -2.45. The summed E-state index contributed by atoms with van der Waals surface area (Å²) in [6.07, 6.45) is -0.981. The van der Waals surface area contributed by atoms with Crippen LogP contribution in [0.25, 0.3) is 0 Å². The Hall–Kier alpha value is -1.55. The Balaban J connectivity index is 2.12. The van der Waals surface area contributed by atoms with Crippen molar-refractivity contribution in [2.45, 2.75) is 5.60 Å². The fourth-order valence-corrected chi connectivity index (χ4v) is 1.65. The zero-order chi connectivity index (χ0) is 10.2. The van der Waals surface area contributed by atoms with Gasteiger partial charge in [0.2, 0.25) is 0 Å². The Bertz CT molecular complexity index is 344. The summed E-state index contributed by atoms with van der Waals surface area (Å²) < 4.78 is 0. The van der Waals surface area contributed by atoms with E-state index in [0.29, 0.717) is 0 Å². The lowest BCUT2D eigenvalue weighted by atomic mass is 9.86. The number of hydrogen-bond acceptors (Lipinski definition) is 2. The van der Waals surface area contributed by atoms with E-state index in [2.05, 4.69) is 0 Å². The van der Waals surface area contributed by atoms with Gasteiger partial charge in [-0.3, -0.25) is 0 Å². The quantitative estimate of drug-likeness (QED) is 0.695. The molecular weight excluding hydrogens is 182 g/mol. The molecule has 1 saturated heterocycles. The van der Waals surface area contributed by atoms with Gasteiger partial charge in [0.1, 0.15) is 5.60 Å². The highest BCUT2D eigenvalue weighted by Crippen LogP contribution is 2.31. The number of carbonyl (C=O) groups is 1. The predicted octanol–water partition coefficient (Wildman–Crippen LogP) is 0.868. The Morgan fingerprint density at radius 2 is 1.86 bits per heavy atom. The molecule has 1 heterocycles. The van der Waals surface area contributed by atoms with Crippen molar-refractivity contribution in [1.82, 2.24) is 4.90 Å². The predicted molar refractivity (Wildman–Crippen MR) is 49.9 cm³/mol. The number of aliphatic hydroxyl groups is 1. The number of benzene rings is 1. The third-order valence-electron chi connectivity index (χ3n) is 2.49. The highest BCUT2D eigenvalue weighted by molar-refractivity contribution is 5.67. The topological polar surface area (TPSA) is 60.8 Å². The number of hydrogen-bond donors (Lipinski definition) is 2. The van der Waals surface area contributed by atoms with E-state index in [0.717, 1.165) is 5.56 Å². The number of nitrogens with zero attached hydrogens (tertiary/aromatic N) is 1. The first-order chi connectivity index (χ1) is 6.62. The second-order valence-corrected chi connectivity index (χ2v) is 3.54. The Morgan fingerprint density at radius 3 is 2.36 bits per heavy atom. The molecule has 1 amide bonds. The van der Waals surface area contributed by atoms with Gasteiger partial charge >= 0.3 is 6.09 Å². The molecule has 0 unspecified atom stereocenters. The molecule has 4 nitrogen and oxygen atoms in total. The van der Waals surface area contributed by atoms with E-state index in [1.165, 1.54) is 4.90 Å². The lowest BCUT2D eigenvalue weighted by molar-refractivity contribution is -0.0898. The van der Waals surface area contributed by atoms with Gasteiger partial charge in [-0.15, -0.1) is 0 Å². The zero-order valence-electron chi connectivity index (χ0n) is 7.55. The molecule has 0 aromatic heterocycles. The van der Waals surface area contributed by atoms with E-state index < -0.39 is 11.7 Å². The van der Waals surface area contributed by atoms with Crippen LogP contribution < -0.4 is 0 Å². The van der Waals surface area contributed by atoms with Crippen LogP contribution in [0.2, 0.25) is 0 Å². The van der Waals surface area contributed by atoms with Crippen LogP contribution in [0.5, 0.6) is 0 Å². The number of carboxylic acid groups (broad SMARTS) is 1. The molecule has 0 radical (unpaired) electrons. The van der Waals surface area contributed by atoms with Crippen LogP contribution in [0.4, 0.5) is 4.79 Å². The van der Waals surface area contributed by atoms with Crippen molar-refractivity contribution in [3.8, 4) is 0 Å². The molecule has 2 rings (SSSR count). The summed E-state index contributed by atoms with van der Waals surface area (Å²) in [5.74, 6) is 0. The average molecular weight is 193 g/mol. The van der Waals surface area contributed by atoms with Gasteiger partial charge in [0, 0.05) is 0 Å². The third-order valence-corrected chi connectivity index (χ3v) is 2.49. The Kier molecular flexibility index (Phi) is 1.93. The summed E-state index contributed by atoms with van der Waals surface area (Å²) >= 11 is 0. The van der Waals surface area contributed by atoms with Gasteiger partial charge in [-0.1, -0.05) is 30.3 Å². The maximum absolute atomic E-state index is 10.5. The number of rotatable bonds is 1. The van der Waals surface area contributed by atoms with Gasteiger partial charge in [-0.25, -0.2) is 4.79 Å². The molecule has 1 aromatic carbocycles. The normalized spacial score (nSPS) is 18.8. The molecule has 1 aliphatic heterocycles. The van der Waals surface area contributed by atoms with Crippen molar-refractivity contribution in [3.05, 3.63) is 35.9 Å². The standard InChI is InChI=1S/C10H11NO3/c12-9(13)11-6-10(14,7-11)8-4-2-1-3-5-8/h1-5,14H,6-7H2,(H,12,13). The minimum Gasteiger partial charge on any atom is -0.465 e. The van der Waals surface area contributed by atoms with E-state index >= 15 is 0 Å². The van der Waals surface area contributed by atoms with Gasteiger partial charge in [0.05, 0.1) is 13.1 Å². The monoisotopic (exact) mass is 193 g/mol. The molecule has 1 aliphatic rings. The summed E-state index contributed by atoms with van der Waals surface area (Å²) in [6.45, 7) is 0.318. The van der Waals surface area contributed by atoms with Crippen LogP contribution in [0, 0.1) is 0 Å². The van der Waals surface area contributed by atoms with E-state index in [-0.39, 0.29) is 13.1 Å². The molecule has 14 heavy (non-hydrogen) atoms. The van der Waals surface area contributed by atoms with Gasteiger partial charge < -0.3 is 15.1 Å². The van der Waals surface area contributed by atoms with Crippen LogP contribution in [-0.4, -0.2) is 34.3 Å². The lowest BCUT2D eigenvalue weighted by Crippen LogP contribution is -2.60. The van der Waals surface area contributed by atoms with E-state index in [1.54, 1.807) is 12.1 Å². The van der Waals surface area contributed by atoms with Gasteiger partial charge in [-0.2, -0.15) is 0 Å². The third kappa shape index (κ3) is 1.33. The fraction of sp³-hybridized carbons (Fsp3) is 0.300. The minimum absolute atomic E-state index is 0.159. The van der Waals surface area contributed by atoms with Crippen molar-refractivity contribution in [1.29, 1.82) is 0 Å².